The minimum Gasteiger partial charge on any atom is -0.439 e. The smallest absolute Gasteiger partial charge is 0.343 e. The summed E-state index contributed by atoms with van der Waals surface area (Å²) in [4.78, 5) is 26.1. The van der Waals surface area contributed by atoms with E-state index in [4.69, 9.17) is 9.47 Å². The lowest BCUT2D eigenvalue weighted by molar-refractivity contribution is 0.0627. The molecule has 106 valence electrons. The number of aromatic nitrogens is 1. The van der Waals surface area contributed by atoms with Crippen LogP contribution in [0.3, 0.4) is 0 Å². The van der Waals surface area contributed by atoms with E-state index in [1.165, 1.54) is 6.20 Å². The summed E-state index contributed by atoms with van der Waals surface area (Å²) in [5.41, 5.74) is 0.870. The lowest BCUT2D eigenvalue weighted by Gasteiger charge is -2.06. The molecular weight excluding hydrogens is 270 g/mol. The Morgan fingerprint density at radius 3 is 2.43 bits per heavy atom. The number of pyridine rings is 1. The van der Waals surface area contributed by atoms with Crippen LogP contribution in [0.15, 0.2) is 54.9 Å². The summed E-state index contributed by atoms with van der Waals surface area (Å²) in [6.45, 7) is 5.11. The third-order valence-corrected chi connectivity index (χ3v) is 2.47. The van der Waals surface area contributed by atoms with Gasteiger partial charge in [0.05, 0.1) is 11.3 Å². The van der Waals surface area contributed by atoms with Crippen LogP contribution in [0.2, 0.25) is 0 Å². The zero-order chi connectivity index (χ0) is 15.2. The second kappa shape index (κ2) is 6.47. The molecule has 2 aromatic rings. The molecular formula is C16H13NO4. The summed E-state index contributed by atoms with van der Waals surface area (Å²) in [5, 5.41) is 0. The Morgan fingerprint density at radius 2 is 1.90 bits per heavy atom. The second-order valence-electron chi connectivity index (χ2n) is 4.27. The van der Waals surface area contributed by atoms with E-state index < -0.39 is 5.97 Å². The minimum absolute atomic E-state index is 0.333. The fourth-order valence-corrected chi connectivity index (χ4v) is 1.52. The van der Waals surface area contributed by atoms with Gasteiger partial charge in [0.15, 0.2) is 6.29 Å². The van der Waals surface area contributed by atoms with E-state index in [0.717, 1.165) is 0 Å². The topological polar surface area (TPSA) is 65.5 Å². The molecule has 5 nitrogen and oxygen atoms in total. The molecule has 0 spiro atoms. The van der Waals surface area contributed by atoms with Crippen LogP contribution in [0, 0.1) is 0 Å². The molecule has 1 aromatic heterocycles. The van der Waals surface area contributed by atoms with Crippen LogP contribution in [0.4, 0.5) is 0 Å². The molecule has 1 heterocycles. The van der Waals surface area contributed by atoms with Gasteiger partial charge in [0.2, 0.25) is 5.88 Å². The second-order valence-corrected chi connectivity index (χ2v) is 4.27. The largest absolute Gasteiger partial charge is 0.439 e. The van der Waals surface area contributed by atoms with E-state index in [0.29, 0.717) is 34.8 Å². The number of carbonyl (C=O) groups is 2. The van der Waals surface area contributed by atoms with Crippen molar-refractivity contribution in [1.29, 1.82) is 0 Å². The van der Waals surface area contributed by atoms with Crippen molar-refractivity contribution >= 4 is 12.3 Å². The van der Waals surface area contributed by atoms with Crippen molar-refractivity contribution in [1.82, 2.24) is 4.98 Å². The molecule has 0 aliphatic heterocycles. The van der Waals surface area contributed by atoms with Crippen LogP contribution in [0.1, 0.15) is 27.6 Å². The molecule has 0 bridgehead atoms. The van der Waals surface area contributed by atoms with Gasteiger partial charge in [0.1, 0.15) is 5.75 Å². The monoisotopic (exact) mass is 283 g/mol. The molecule has 0 unspecified atom stereocenters. The molecule has 5 heteroatoms. The number of allylic oxidation sites excluding steroid dienone is 1. The summed E-state index contributed by atoms with van der Waals surface area (Å²) in [7, 11) is 0. The lowest BCUT2D eigenvalue weighted by atomic mass is 10.2. The van der Waals surface area contributed by atoms with Gasteiger partial charge in [-0.3, -0.25) is 4.79 Å². The number of benzene rings is 1. The summed E-state index contributed by atoms with van der Waals surface area (Å²) in [5.74, 6) is 0.744. The summed E-state index contributed by atoms with van der Waals surface area (Å²) in [6.07, 6.45) is 2.12. The number of hydrogen-bond acceptors (Lipinski definition) is 5. The first-order valence-corrected chi connectivity index (χ1v) is 6.15. The molecule has 0 N–H and O–H groups in total. The molecule has 0 aliphatic rings. The third-order valence-electron chi connectivity index (χ3n) is 2.47. The Kier molecular flexibility index (Phi) is 4.46. The number of aldehydes is 1. The number of hydrogen-bond donors (Lipinski definition) is 0. The highest BCUT2D eigenvalue weighted by Gasteiger charge is 2.08. The van der Waals surface area contributed by atoms with E-state index in [9.17, 15) is 9.59 Å². The molecule has 0 saturated carbocycles. The van der Waals surface area contributed by atoms with Crippen molar-refractivity contribution in [2.24, 2.45) is 0 Å². The summed E-state index contributed by atoms with van der Waals surface area (Å²) in [6, 6.07) is 9.62. The molecule has 2 rings (SSSR count). The molecule has 0 amide bonds. The van der Waals surface area contributed by atoms with E-state index >= 15 is 0 Å². The van der Waals surface area contributed by atoms with Crippen LogP contribution in [0.5, 0.6) is 11.6 Å². The maximum Gasteiger partial charge on any atom is 0.343 e. The number of rotatable bonds is 5. The molecule has 0 radical (unpaired) electrons. The Labute approximate surface area is 121 Å². The van der Waals surface area contributed by atoms with Crippen LogP contribution >= 0.6 is 0 Å². The number of carbonyl (C=O) groups excluding carboxylic acids is 2. The number of ether oxygens (including phenoxy) is 2. The Hall–Kier alpha value is -2.95. The molecule has 0 saturated heterocycles. The first-order chi connectivity index (χ1) is 10.1. The van der Waals surface area contributed by atoms with Gasteiger partial charge in [-0.1, -0.05) is 6.58 Å². The minimum atomic E-state index is -0.470. The Balaban J connectivity index is 2.06. The van der Waals surface area contributed by atoms with Gasteiger partial charge in [-0.2, -0.15) is 0 Å². The molecule has 0 aliphatic carbocycles. The third kappa shape index (κ3) is 4.01. The van der Waals surface area contributed by atoms with Crippen LogP contribution in [0.25, 0.3) is 0 Å². The number of esters is 1. The Morgan fingerprint density at radius 1 is 1.19 bits per heavy atom. The molecule has 0 fully saturated rings. The van der Waals surface area contributed by atoms with Crippen LogP contribution in [-0.4, -0.2) is 17.2 Å². The quantitative estimate of drug-likeness (QED) is 0.478. The first-order valence-electron chi connectivity index (χ1n) is 6.15. The fourth-order valence-electron chi connectivity index (χ4n) is 1.52. The van der Waals surface area contributed by atoms with Gasteiger partial charge in [0.25, 0.3) is 0 Å². The van der Waals surface area contributed by atoms with Gasteiger partial charge in [-0.05, 0) is 37.3 Å². The van der Waals surface area contributed by atoms with Crippen molar-refractivity contribution in [2.45, 2.75) is 6.92 Å². The van der Waals surface area contributed by atoms with Crippen LogP contribution < -0.4 is 4.74 Å². The Bertz CT molecular complexity index is 660. The number of nitrogens with zero attached hydrogens (tertiary/aromatic N) is 1. The van der Waals surface area contributed by atoms with E-state index in [-0.39, 0.29) is 0 Å². The summed E-state index contributed by atoms with van der Waals surface area (Å²) < 4.78 is 10.4. The summed E-state index contributed by atoms with van der Waals surface area (Å²) >= 11 is 0. The standard InChI is InChI=1S/C16H13NO4/c1-11(2)20-16(19)13-4-6-14(7-5-13)21-15-8-3-12(10-18)9-17-15/h3-10H,1H2,2H3. The van der Waals surface area contributed by atoms with Gasteiger partial charge in [-0.15, -0.1) is 0 Å². The van der Waals surface area contributed by atoms with Crippen molar-refractivity contribution < 1.29 is 19.1 Å². The predicted molar refractivity (Wildman–Crippen MR) is 76.4 cm³/mol. The van der Waals surface area contributed by atoms with E-state index in [2.05, 4.69) is 11.6 Å². The average Bonchev–Trinajstić information content (AvgIpc) is 2.48. The fraction of sp³-hybridized carbons (Fsp3) is 0.0625. The maximum absolute atomic E-state index is 11.6. The van der Waals surface area contributed by atoms with Gasteiger partial charge < -0.3 is 9.47 Å². The molecule has 1 aromatic carbocycles. The SMILES string of the molecule is C=C(C)OC(=O)c1ccc(Oc2ccc(C=O)cn2)cc1. The van der Waals surface area contributed by atoms with Crippen molar-refractivity contribution in [2.75, 3.05) is 0 Å². The zero-order valence-corrected chi connectivity index (χ0v) is 11.4. The highest BCUT2D eigenvalue weighted by atomic mass is 16.5. The van der Waals surface area contributed by atoms with Gasteiger partial charge in [0, 0.05) is 17.8 Å². The lowest BCUT2D eigenvalue weighted by Crippen LogP contribution is -2.02. The zero-order valence-electron chi connectivity index (χ0n) is 11.4. The van der Waals surface area contributed by atoms with Crippen molar-refractivity contribution in [3.05, 3.63) is 66.1 Å². The maximum atomic E-state index is 11.6. The van der Waals surface area contributed by atoms with E-state index in [1.807, 2.05) is 0 Å². The van der Waals surface area contributed by atoms with E-state index in [1.54, 1.807) is 43.3 Å². The van der Waals surface area contributed by atoms with Crippen molar-refractivity contribution in [3.8, 4) is 11.6 Å². The highest BCUT2D eigenvalue weighted by molar-refractivity contribution is 5.90. The average molecular weight is 283 g/mol. The molecule has 0 atom stereocenters. The van der Waals surface area contributed by atoms with Gasteiger partial charge >= 0.3 is 5.97 Å². The normalized spacial score (nSPS) is 9.76. The highest BCUT2D eigenvalue weighted by Crippen LogP contribution is 2.20. The first kappa shape index (κ1) is 14.5. The predicted octanol–water partition coefficient (Wildman–Crippen LogP) is 3.38. The van der Waals surface area contributed by atoms with Crippen molar-refractivity contribution in [3.63, 3.8) is 0 Å². The molecule has 21 heavy (non-hydrogen) atoms. The van der Waals surface area contributed by atoms with Crippen LogP contribution in [-0.2, 0) is 4.74 Å². The van der Waals surface area contributed by atoms with Gasteiger partial charge in [-0.25, -0.2) is 9.78 Å².